The van der Waals surface area contributed by atoms with E-state index in [1.165, 1.54) is 6.20 Å². The van der Waals surface area contributed by atoms with E-state index in [1.54, 1.807) is 12.4 Å². The SMILES string of the molecule is Clc1cnc(COc2cccc3cccnc23)cn1. The van der Waals surface area contributed by atoms with E-state index in [0.717, 1.165) is 22.3 Å². The third-order valence-electron chi connectivity index (χ3n) is 2.65. The molecule has 0 N–H and O–H groups in total. The van der Waals surface area contributed by atoms with Gasteiger partial charge in [0.25, 0.3) is 0 Å². The maximum Gasteiger partial charge on any atom is 0.147 e. The first kappa shape index (κ1) is 11.9. The van der Waals surface area contributed by atoms with Crippen molar-refractivity contribution < 1.29 is 4.74 Å². The zero-order chi connectivity index (χ0) is 13.1. The molecule has 0 radical (unpaired) electrons. The summed E-state index contributed by atoms with van der Waals surface area (Å²) in [6.07, 6.45) is 4.85. The molecule has 19 heavy (non-hydrogen) atoms. The van der Waals surface area contributed by atoms with Gasteiger partial charge in [0, 0.05) is 11.6 Å². The number of ether oxygens (including phenoxy) is 1. The molecule has 0 aliphatic rings. The van der Waals surface area contributed by atoms with E-state index in [9.17, 15) is 0 Å². The fourth-order valence-electron chi connectivity index (χ4n) is 1.76. The molecule has 0 saturated heterocycles. The van der Waals surface area contributed by atoms with Crippen molar-refractivity contribution >= 4 is 22.5 Å². The molecule has 0 bridgehead atoms. The molecule has 0 amide bonds. The second-order valence-corrected chi connectivity index (χ2v) is 4.34. The van der Waals surface area contributed by atoms with Gasteiger partial charge in [-0.15, -0.1) is 0 Å². The molecule has 2 aromatic heterocycles. The van der Waals surface area contributed by atoms with Crippen LogP contribution in [0.5, 0.6) is 5.75 Å². The number of hydrogen-bond acceptors (Lipinski definition) is 4. The highest BCUT2D eigenvalue weighted by molar-refractivity contribution is 6.29. The molecule has 0 atom stereocenters. The number of pyridine rings is 1. The summed E-state index contributed by atoms with van der Waals surface area (Å²) in [4.78, 5) is 12.4. The molecular weight excluding hydrogens is 262 g/mol. The van der Waals surface area contributed by atoms with Crippen LogP contribution in [-0.2, 0) is 6.61 Å². The summed E-state index contributed by atoms with van der Waals surface area (Å²) in [5.74, 6) is 0.731. The third-order valence-corrected chi connectivity index (χ3v) is 2.84. The van der Waals surface area contributed by atoms with Crippen LogP contribution in [0.3, 0.4) is 0 Å². The Balaban J connectivity index is 1.84. The largest absolute Gasteiger partial charge is 0.485 e. The Morgan fingerprint density at radius 2 is 1.89 bits per heavy atom. The number of halogens is 1. The lowest BCUT2D eigenvalue weighted by Crippen LogP contribution is -1.99. The van der Waals surface area contributed by atoms with Gasteiger partial charge in [-0.3, -0.25) is 9.97 Å². The number of para-hydroxylation sites is 1. The van der Waals surface area contributed by atoms with Crippen LogP contribution in [0, 0.1) is 0 Å². The van der Waals surface area contributed by atoms with Gasteiger partial charge in [0.2, 0.25) is 0 Å². The summed E-state index contributed by atoms with van der Waals surface area (Å²) in [6.45, 7) is 0.333. The zero-order valence-corrected chi connectivity index (χ0v) is 10.7. The Bertz CT molecular complexity index is 695. The van der Waals surface area contributed by atoms with Crippen LogP contribution in [0.1, 0.15) is 5.69 Å². The van der Waals surface area contributed by atoms with E-state index < -0.39 is 0 Å². The predicted molar refractivity (Wildman–Crippen MR) is 73.1 cm³/mol. The Morgan fingerprint density at radius 3 is 2.74 bits per heavy atom. The number of fused-ring (bicyclic) bond motifs is 1. The lowest BCUT2D eigenvalue weighted by atomic mass is 10.2. The van der Waals surface area contributed by atoms with E-state index in [2.05, 4.69) is 15.0 Å². The molecule has 94 valence electrons. The smallest absolute Gasteiger partial charge is 0.147 e. The highest BCUT2D eigenvalue weighted by Crippen LogP contribution is 2.23. The molecule has 0 saturated carbocycles. The minimum absolute atomic E-state index is 0.333. The molecule has 3 aromatic rings. The minimum atomic E-state index is 0.333. The predicted octanol–water partition coefficient (Wildman–Crippen LogP) is 3.26. The Morgan fingerprint density at radius 1 is 1.00 bits per heavy atom. The number of rotatable bonds is 3. The van der Waals surface area contributed by atoms with Crippen LogP contribution in [0.4, 0.5) is 0 Å². The van der Waals surface area contributed by atoms with Gasteiger partial charge in [-0.05, 0) is 12.1 Å². The van der Waals surface area contributed by atoms with Crippen molar-refractivity contribution in [2.75, 3.05) is 0 Å². The standard InChI is InChI=1S/C14H10ClN3O/c15-13-8-17-11(7-18-13)9-19-12-5-1-3-10-4-2-6-16-14(10)12/h1-8H,9H2. The fourth-order valence-corrected chi connectivity index (χ4v) is 1.86. The van der Waals surface area contributed by atoms with Gasteiger partial charge in [-0.2, -0.15) is 0 Å². The van der Waals surface area contributed by atoms with Crippen molar-refractivity contribution in [3.05, 3.63) is 59.8 Å². The van der Waals surface area contributed by atoms with Gasteiger partial charge in [0.1, 0.15) is 23.0 Å². The van der Waals surface area contributed by atoms with E-state index in [4.69, 9.17) is 16.3 Å². The van der Waals surface area contributed by atoms with Gasteiger partial charge in [-0.25, -0.2) is 4.98 Å². The molecule has 5 heteroatoms. The maximum absolute atomic E-state index is 5.74. The molecule has 0 aliphatic carbocycles. The quantitative estimate of drug-likeness (QED) is 0.734. The average molecular weight is 272 g/mol. The third kappa shape index (κ3) is 2.63. The van der Waals surface area contributed by atoms with E-state index in [-0.39, 0.29) is 0 Å². The van der Waals surface area contributed by atoms with E-state index in [1.807, 2.05) is 30.3 Å². The molecule has 3 rings (SSSR count). The van der Waals surface area contributed by atoms with Crippen molar-refractivity contribution in [3.63, 3.8) is 0 Å². The van der Waals surface area contributed by atoms with E-state index in [0.29, 0.717) is 11.8 Å². The topological polar surface area (TPSA) is 47.9 Å². The second-order valence-electron chi connectivity index (χ2n) is 3.95. The molecule has 2 heterocycles. The van der Waals surface area contributed by atoms with E-state index >= 15 is 0 Å². The summed E-state index contributed by atoms with van der Waals surface area (Å²) < 4.78 is 5.74. The molecule has 0 unspecified atom stereocenters. The molecule has 0 fully saturated rings. The van der Waals surface area contributed by atoms with Crippen molar-refractivity contribution in [1.29, 1.82) is 0 Å². The molecule has 0 aliphatic heterocycles. The number of benzene rings is 1. The van der Waals surface area contributed by atoms with Crippen LogP contribution in [0.2, 0.25) is 5.15 Å². The Hall–Kier alpha value is -2.20. The maximum atomic E-state index is 5.74. The summed E-state index contributed by atoms with van der Waals surface area (Å²) in [7, 11) is 0. The van der Waals surface area contributed by atoms with Gasteiger partial charge in [0.05, 0.1) is 18.1 Å². The lowest BCUT2D eigenvalue weighted by molar-refractivity contribution is 0.304. The molecule has 0 spiro atoms. The summed E-state index contributed by atoms with van der Waals surface area (Å²) in [6, 6.07) is 9.72. The molecule has 4 nitrogen and oxygen atoms in total. The van der Waals surface area contributed by atoms with Gasteiger partial charge < -0.3 is 4.74 Å². The van der Waals surface area contributed by atoms with Crippen molar-refractivity contribution in [1.82, 2.24) is 15.0 Å². The minimum Gasteiger partial charge on any atom is -0.485 e. The summed E-state index contributed by atoms with van der Waals surface area (Å²) >= 11 is 5.68. The summed E-state index contributed by atoms with van der Waals surface area (Å²) in [5.41, 5.74) is 1.56. The number of aromatic nitrogens is 3. The Kier molecular flexibility index (Phi) is 3.25. The molecular formula is C14H10ClN3O. The lowest BCUT2D eigenvalue weighted by Gasteiger charge is -2.07. The van der Waals surface area contributed by atoms with Crippen molar-refractivity contribution in [2.45, 2.75) is 6.61 Å². The summed E-state index contributed by atoms with van der Waals surface area (Å²) in [5, 5.41) is 1.41. The number of hydrogen-bond donors (Lipinski definition) is 0. The monoisotopic (exact) mass is 271 g/mol. The highest BCUT2D eigenvalue weighted by Gasteiger charge is 2.03. The van der Waals surface area contributed by atoms with Crippen LogP contribution >= 0.6 is 11.6 Å². The van der Waals surface area contributed by atoms with Gasteiger partial charge in [0.15, 0.2) is 0 Å². The van der Waals surface area contributed by atoms with Crippen LogP contribution in [0.15, 0.2) is 48.9 Å². The van der Waals surface area contributed by atoms with Crippen molar-refractivity contribution in [2.24, 2.45) is 0 Å². The average Bonchev–Trinajstić information content (AvgIpc) is 2.47. The Labute approximate surface area is 115 Å². The normalized spacial score (nSPS) is 10.6. The van der Waals surface area contributed by atoms with Crippen LogP contribution in [-0.4, -0.2) is 15.0 Å². The first-order chi connectivity index (χ1) is 9.33. The van der Waals surface area contributed by atoms with Crippen LogP contribution < -0.4 is 4.74 Å². The first-order valence-electron chi connectivity index (χ1n) is 5.76. The van der Waals surface area contributed by atoms with Crippen LogP contribution in [0.25, 0.3) is 10.9 Å². The van der Waals surface area contributed by atoms with Gasteiger partial charge >= 0.3 is 0 Å². The highest BCUT2D eigenvalue weighted by atomic mass is 35.5. The van der Waals surface area contributed by atoms with Gasteiger partial charge in [-0.1, -0.05) is 29.8 Å². The molecule has 1 aromatic carbocycles. The fraction of sp³-hybridized carbons (Fsp3) is 0.0714. The second kappa shape index (κ2) is 5.20. The van der Waals surface area contributed by atoms with Crippen molar-refractivity contribution in [3.8, 4) is 5.75 Å². The first-order valence-corrected chi connectivity index (χ1v) is 6.14. The zero-order valence-electron chi connectivity index (χ0n) is 9.95. The number of nitrogens with zero attached hydrogens (tertiary/aromatic N) is 3.